The smallest absolute Gasteiger partial charge is 0.294 e. The molecule has 8 nitrogen and oxygen atoms in total. The van der Waals surface area contributed by atoms with Crippen molar-refractivity contribution in [1.29, 1.82) is 0 Å². The van der Waals surface area contributed by atoms with Gasteiger partial charge in [-0.3, -0.25) is 26.2 Å². The molecule has 0 saturated carbocycles. The average Bonchev–Trinajstić information content (AvgIpc) is 2.28. The molecule has 0 aliphatic rings. The molecule has 1 aromatic rings. The number of anilines is 2. The molecule has 1 atom stereocenters. The molecule has 1 rings (SSSR count). The number of hydrogen-bond acceptors (Lipinski definition) is 8. The summed E-state index contributed by atoms with van der Waals surface area (Å²) in [6.07, 6.45) is 0. The van der Waals surface area contributed by atoms with E-state index in [0.717, 1.165) is 5.06 Å². The minimum Gasteiger partial charge on any atom is -0.355 e. The van der Waals surface area contributed by atoms with Gasteiger partial charge in [0.05, 0.1) is 10.6 Å². The van der Waals surface area contributed by atoms with Crippen molar-refractivity contribution >= 4 is 29.7 Å². The van der Waals surface area contributed by atoms with Gasteiger partial charge in [-0.05, 0) is 12.1 Å². The van der Waals surface area contributed by atoms with Crippen molar-refractivity contribution in [1.82, 2.24) is 5.43 Å². The molecule has 0 amide bonds. The van der Waals surface area contributed by atoms with Crippen LogP contribution < -0.4 is 21.6 Å². The van der Waals surface area contributed by atoms with Crippen molar-refractivity contribution in [2.24, 2.45) is 5.84 Å². The SMILES string of the molecule is CN(O)c1ccc(NC(S)NN)c([N+](=O)[O-])c1. The van der Waals surface area contributed by atoms with E-state index in [1.807, 2.05) is 0 Å². The third kappa shape index (κ3) is 3.46. The monoisotopic (exact) mass is 259 g/mol. The number of nitrogens with zero attached hydrogens (tertiary/aromatic N) is 2. The second-order valence-electron chi connectivity index (χ2n) is 3.20. The Morgan fingerprint density at radius 3 is 2.76 bits per heavy atom. The van der Waals surface area contributed by atoms with Crippen LogP contribution in [0.1, 0.15) is 0 Å². The van der Waals surface area contributed by atoms with Gasteiger partial charge in [0.15, 0.2) is 0 Å². The van der Waals surface area contributed by atoms with E-state index in [1.165, 1.54) is 25.2 Å². The summed E-state index contributed by atoms with van der Waals surface area (Å²) in [4.78, 5) is 10.3. The van der Waals surface area contributed by atoms with E-state index in [9.17, 15) is 15.3 Å². The van der Waals surface area contributed by atoms with Crippen LogP contribution in [0.3, 0.4) is 0 Å². The first-order chi connectivity index (χ1) is 7.95. The molecule has 5 N–H and O–H groups in total. The van der Waals surface area contributed by atoms with E-state index in [1.54, 1.807) is 0 Å². The Hall–Kier alpha value is -1.55. The molecule has 0 aromatic heterocycles. The van der Waals surface area contributed by atoms with Gasteiger partial charge in [-0.2, -0.15) is 0 Å². The van der Waals surface area contributed by atoms with Crippen LogP contribution in [0.15, 0.2) is 18.2 Å². The minimum atomic E-state index is -0.619. The fraction of sp³-hybridized carbons (Fsp3) is 0.250. The van der Waals surface area contributed by atoms with Crippen LogP contribution >= 0.6 is 12.6 Å². The second kappa shape index (κ2) is 5.68. The lowest BCUT2D eigenvalue weighted by atomic mass is 10.2. The van der Waals surface area contributed by atoms with Crippen LogP contribution in [0.5, 0.6) is 0 Å². The Bertz CT molecular complexity index is 414. The Balaban J connectivity index is 3.09. The predicted octanol–water partition coefficient (Wildman–Crippen LogP) is 0.509. The largest absolute Gasteiger partial charge is 0.355 e. The number of hydroxylamine groups is 1. The number of benzene rings is 1. The molecular weight excluding hydrogens is 246 g/mol. The van der Waals surface area contributed by atoms with Gasteiger partial charge >= 0.3 is 0 Å². The van der Waals surface area contributed by atoms with Crippen molar-refractivity contribution in [3.05, 3.63) is 28.3 Å². The molecule has 0 aliphatic carbocycles. The molecule has 0 heterocycles. The zero-order valence-corrected chi connectivity index (χ0v) is 9.89. The number of thiol groups is 1. The summed E-state index contributed by atoms with van der Waals surface area (Å²) in [5.74, 6) is 5.12. The van der Waals surface area contributed by atoms with E-state index in [4.69, 9.17) is 5.84 Å². The summed E-state index contributed by atoms with van der Waals surface area (Å²) in [6, 6.07) is 4.21. The first-order valence-corrected chi connectivity index (χ1v) is 5.09. The van der Waals surface area contributed by atoms with Crippen LogP contribution in [-0.2, 0) is 0 Å². The fourth-order valence-electron chi connectivity index (χ4n) is 1.18. The van der Waals surface area contributed by atoms with Crippen molar-refractivity contribution in [3.8, 4) is 0 Å². The zero-order chi connectivity index (χ0) is 13.0. The first-order valence-electron chi connectivity index (χ1n) is 4.57. The van der Waals surface area contributed by atoms with Crippen LogP contribution in [0.2, 0.25) is 0 Å². The quantitative estimate of drug-likeness (QED) is 0.172. The number of nitrogens with one attached hydrogen (secondary N) is 2. The maximum absolute atomic E-state index is 10.9. The van der Waals surface area contributed by atoms with Crippen LogP contribution in [0, 0.1) is 10.1 Å². The molecule has 1 unspecified atom stereocenters. The van der Waals surface area contributed by atoms with Crippen LogP contribution in [0.25, 0.3) is 0 Å². The molecule has 0 fully saturated rings. The highest BCUT2D eigenvalue weighted by atomic mass is 32.1. The summed E-state index contributed by atoms with van der Waals surface area (Å²) < 4.78 is 0. The van der Waals surface area contributed by atoms with E-state index in [2.05, 4.69) is 23.4 Å². The summed E-state index contributed by atoms with van der Waals surface area (Å²) in [5.41, 5.74) is 2.04. The third-order valence-corrected chi connectivity index (χ3v) is 2.28. The molecule has 0 aliphatic heterocycles. The van der Waals surface area contributed by atoms with Gasteiger partial charge in [0.25, 0.3) is 5.69 Å². The molecule has 0 radical (unpaired) electrons. The van der Waals surface area contributed by atoms with E-state index in [-0.39, 0.29) is 11.4 Å². The van der Waals surface area contributed by atoms with Gasteiger partial charge in [0, 0.05) is 13.1 Å². The maximum Gasteiger partial charge on any atom is 0.294 e. The van der Waals surface area contributed by atoms with Gasteiger partial charge in [0.1, 0.15) is 11.2 Å². The van der Waals surface area contributed by atoms with Gasteiger partial charge in [-0.15, -0.1) is 12.6 Å². The number of nitro groups is 1. The Morgan fingerprint density at radius 2 is 2.29 bits per heavy atom. The second-order valence-corrected chi connectivity index (χ2v) is 3.71. The van der Waals surface area contributed by atoms with Gasteiger partial charge < -0.3 is 5.32 Å². The lowest BCUT2D eigenvalue weighted by Crippen LogP contribution is -2.36. The maximum atomic E-state index is 10.9. The Morgan fingerprint density at radius 1 is 1.65 bits per heavy atom. The number of hydrazine groups is 1. The third-order valence-electron chi connectivity index (χ3n) is 2.00. The van der Waals surface area contributed by atoms with E-state index >= 15 is 0 Å². The summed E-state index contributed by atoms with van der Waals surface area (Å²) in [5, 5.41) is 23.5. The predicted molar refractivity (Wildman–Crippen MR) is 67.0 cm³/mol. The van der Waals surface area contributed by atoms with E-state index < -0.39 is 10.4 Å². The molecule has 0 spiro atoms. The highest BCUT2D eigenvalue weighted by molar-refractivity contribution is 7.81. The summed E-state index contributed by atoms with van der Waals surface area (Å²) in [7, 11) is 1.37. The van der Waals surface area contributed by atoms with Crippen molar-refractivity contribution in [2.45, 2.75) is 5.50 Å². The van der Waals surface area contributed by atoms with Gasteiger partial charge in [0.2, 0.25) is 0 Å². The minimum absolute atomic E-state index is 0.183. The normalized spacial score (nSPS) is 12.0. The summed E-state index contributed by atoms with van der Waals surface area (Å²) in [6.45, 7) is 0. The van der Waals surface area contributed by atoms with Crippen molar-refractivity contribution < 1.29 is 10.1 Å². The fourth-order valence-corrected chi connectivity index (χ4v) is 1.32. The first kappa shape index (κ1) is 13.5. The molecule has 1 aromatic carbocycles. The molecule has 9 heteroatoms. The van der Waals surface area contributed by atoms with E-state index in [0.29, 0.717) is 5.69 Å². The lowest BCUT2D eigenvalue weighted by Gasteiger charge is -2.15. The number of rotatable bonds is 5. The van der Waals surface area contributed by atoms with Gasteiger partial charge in [-0.1, -0.05) is 0 Å². The number of hydrogen-bond donors (Lipinski definition) is 5. The topological polar surface area (TPSA) is 117 Å². The molecule has 17 heavy (non-hydrogen) atoms. The van der Waals surface area contributed by atoms with Crippen molar-refractivity contribution in [2.75, 3.05) is 17.4 Å². The molecule has 94 valence electrons. The highest BCUT2D eigenvalue weighted by Gasteiger charge is 2.17. The molecule has 0 bridgehead atoms. The average molecular weight is 259 g/mol. The zero-order valence-electron chi connectivity index (χ0n) is 8.99. The standard InChI is InChI=1S/C8H13N5O3S/c1-12(14)5-2-3-6(10-8(17)11-9)7(4-5)13(15)16/h2-4,8,10-11,14,17H,9H2,1H3. The van der Waals surface area contributed by atoms with Crippen molar-refractivity contribution in [3.63, 3.8) is 0 Å². The number of nitrogens with two attached hydrogens (primary N) is 1. The Labute approximate surface area is 103 Å². The van der Waals surface area contributed by atoms with Crippen LogP contribution in [0.4, 0.5) is 17.1 Å². The van der Waals surface area contributed by atoms with Gasteiger partial charge in [-0.25, -0.2) is 5.43 Å². The number of nitro benzene ring substituents is 1. The lowest BCUT2D eigenvalue weighted by molar-refractivity contribution is -0.383. The summed E-state index contributed by atoms with van der Waals surface area (Å²) >= 11 is 3.99. The van der Waals surface area contributed by atoms with Crippen LogP contribution in [-0.4, -0.2) is 22.7 Å². The highest BCUT2D eigenvalue weighted by Crippen LogP contribution is 2.29. The molecule has 0 saturated heterocycles. The molecular formula is C8H13N5O3S. The Kier molecular flexibility index (Phi) is 4.52.